The molecule has 3 rings (SSSR count). The summed E-state index contributed by atoms with van der Waals surface area (Å²) in [6.07, 6.45) is 1.65. The molecule has 1 atom stereocenters. The average Bonchev–Trinajstić information content (AvgIpc) is 2.96. The highest BCUT2D eigenvalue weighted by atomic mass is 32.2. The second-order valence-electron chi connectivity index (χ2n) is 6.45. The minimum atomic E-state index is -1.20. The van der Waals surface area contributed by atoms with Crippen LogP contribution in [0, 0.1) is 5.82 Å². The molecule has 0 amide bonds. The number of nitrogens with zero attached hydrogens (tertiary/aromatic N) is 3. The molecule has 1 aliphatic heterocycles. The average molecular weight is 348 g/mol. The van der Waals surface area contributed by atoms with Crippen LogP contribution >= 0.6 is 0 Å². The van der Waals surface area contributed by atoms with Crippen LogP contribution in [0.15, 0.2) is 30.5 Å². The smallest absolute Gasteiger partial charge is 0.356 e. The molecule has 0 aliphatic carbocycles. The Bertz CT molecular complexity index is 861. The van der Waals surface area contributed by atoms with Gasteiger partial charge in [0.05, 0.1) is 18.5 Å². The van der Waals surface area contributed by atoms with Gasteiger partial charge >= 0.3 is 11.3 Å². The zero-order valence-corrected chi connectivity index (χ0v) is 14.6. The standard InChI is InChI=1S/C17H19FN3O2S/c1-17(2,3)24(22)11-19-14-9-23-10-16-12(14)8-20-21(16)15-7-5-4-6-13(15)18/h4-8,11H,9-10H2,1-3H3/q+1. The fraction of sp³-hybridized carbons (Fsp3) is 0.353. The van der Waals surface area contributed by atoms with E-state index in [2.05, 4.69) is 9.77 Å². The summed E-state index contributed by atoms with van der Waals surface area (Å²) in [6, 6.07) is 6.44. The van der Waals surface area contributed by atoms with Gasteiger partial charge in [-0.3, -0.25) is 0 Å². The van der Waals surface area contributed by atoms with Crippen LogP contribution < -0.4 is 4.67 Å². The number of aromatic nitrogens is 2. The lowest BCUT2D eigenvalue weighted by molar-refractivity contribution is 0.147. The van der Waals surface area contributed by atoms with Crippen molar-refractivity contribution in [2.75, 3.05) is 6.61 Å². The molecular weight excluding hydrogens is 329 g/mol. The fourth-order valence-corrected chi connectivity index (χ4v) is 2.82. The van der Waals surface area contributed by atoms with Gasteiger partial charge in [0.25, 0.3) is 0 Å². The molecule has 0 N–H and O–H groups in total. The van der Waals surface area contributed by atoms with Gasteiger partial charge in [-0.05, 0) is 32.9 Å². The lowest BCUT2D eigenvalue weighted by atomic mass is 10.1. The van der Waals surface area contributed by atoms with Crippen molar-refractivity contribution < 1.29 is 13.3 Å². The number of ether oxygens (including phenoxy) is 1. The number of para-hydroxylation sites is 1. The van der Waals surface area contributed by atoms with E-state index >= 15 is 0 Å². The minimum Gasteiger partial charge on any atom is -0.363 e. The first-order valence-corrected chi connectivity index (χ1v) is 8.80. The first kappa shape index (κ1) is 16.8. The second-order valence-corrected chi connectivity index (χ2v) is 8.48. The zero-order valence-electron chi connectivity index (χ0n) is 13.8. The summed E-state index contributed by atoms with van der Waals surface area (Å²) in [6.45, 7) is 6.30. The van der Waals surface area contributed by atoms with Gasteiger partial charge in [0.1, 0.15) is 27.9 Å². The number of rotatable bonds is 2. The van der Waals surface area contributed by atoms with E-state index in [1.807, 2.05) is 20.8 Å². The van der Waals surface area contributed by atoms with E-state index in [-0.39, 0.29) is 10.6 Å². The van der Waals surface area contributed by atoms with Crippen LogP contribution in [-0.2, 0) is 22.1 Å². The van der Waals surface area contributed by atoms with Crippen LogP contribution in [0.2, 0.25) is 0 Å². The summed E-state index contributed by atoms with van der Waals surface area (Å²) in [7, 11) is -1.20. The zero-order chi connectivity index (χ0) is 17.3. The first-order valence-electron chi connectivity index (χ1n) is 7.58. The molecule has 0 bridgehead atoms. The van der Waals surface area contributed by atoms with Crippen molar-refractivity contribution in [3.8, 4) is 5.69 Å². The van der Waals surface area contributed by atoms with Crippen LogP contribution in [-0.4, -0.2) is 36.6 Å². The normalized spacial score (nSPS) is 15.6. The van der Waals surface area contributed by atoms with Crippen LogP contribution in [0.1, 0.15) is 32.0 Å². The Balaban J connectivity index is 2.04. The molecule has 1 aromatic carbocycles. The number of hydrogen-bond donors (Lipinski definition) is 0. The minimum absolute atomic E-state index is 0.313. The predicted octanol–water partition coefficient (Wildman–Crippen LogP) is 1.97. The third-order valence-electron chi connectivity index (χ3n) is 3.65. The maximum Gasteiger partial charge on any atom is 0.356 e. The predicted molar refractivity (Wildman–Crippen MR) is 93.4 cm³/mol. The Morgan fingerprint density at radius 2 is 2.08 bits per heavy atom. The summed E-state index contributed by atoms with van der Waals surface area (Å²) in [5.41, 5.74) is 3.99. The largest absolute Gasteiger partial charge is 0.363 e. The van der Waals surface area contributed by atoms with Crippen molar-refractivity contribution in [2.24, 2.45) is 0 Å². The molecule has 1 aromatic heterocycles. The third-order valence-corrected chi connectivity index (χ3v) is 5.15. The lowest BCUT2D eigenvalue weighted by Gasteiger charge is -2.12. The summed E-state index contributed by atoms with van der Waals surface area (Å²) in [5, 5.41) is 4.28. The Labute approximate surface area is 142 Å². The van der Waals surface area contributed by atoms with Gasteiger partial charge in [0, 0.05) is 4.75 Å². The molecule has 0 saturated heterocycles. The molecule has 0 radical (unpaired) electrons. The number of hydrogen-bond acceptors (Lipinski definition) is 3. The molecule has 7 heteroatoms. The van der Waals surface area contributed by atoms with Crippen LogP contribution in [0.25, 0.3) is 5.69 Å². The maximum absolute atomic E-state index is 14.0. The van der Waals surface area contributed by atoms with E-state index in [4.69, 9.17) is 4.74 Å². The van der Waals surface area contributed by atoms with Crippen molar-refractivity contribution >= 4 is 22.1 Å². The summed E-state index contributed by atoms with van der Waals surface area (Å²) in [5.74, 6) is -0.354. The molecular formula is C17H19FN3O2S+. The highest BCUT2D eigenvalue weighted by molar-refractivity contribution is 7.99. The van der Waals surface area contributed by atoms with E-state index < -0.39 is 10.8 Å². The third kappa shape index (κ3) is 3.24. The highest BCUT2D eigenvalue weighted by Gasteiger charge is 2.29. The molecule has 5 nitrogen and oxygen atoms in total. The fourth-order valence-electron chi connectivity index (χ4n) is 2.28. The van der Waals surface area contributed by atoms with Crippen molar-refractivity contribution in [3.63, 3.8) is 0 Å². The monoisotopic (exact) mass is 348 g/mol. The van der Waals surface area contributed by atoms with Crippen molar-refractivity contribution in [1.82, 2.24) is 14.4 Å². The lowest BCUT2D eigenvalue weighted by Crippen LogP contribution is -2.26. The molecule has 0 fully saturated rings. The van der Waals surface area contributed by atoms with Gasteiger partial charge in [0.15, 0.2) is 6.61 Å². The topological polar surface area (TPSA) is 58.2 Å². The number of benzene rings is 1. The van der Waals surface area contributed by atoms with Gasteiger partial charge in [0.2, 0.25) is 0 Å². The van der Waals surface area contributed by atoms with Crippen LogP contribution in [0.5, 0.6) is 0 Å². The SMILES string of the molecule is CC(C)(C)S(=O)C=[N+]=C1COCc2c1cnn2-c1ccccc1F. The highest BCUT2D eigenvalue weighted by Crippen LogP contribution is 2.21. The molecule has 2 aromatic rings. The Hall–Kier alpha value is -2.08. The second kappa shape index (κ2) is 6.43. The molecule has 0 saturated carbocycles. The van der Waals surface area contributed by atoms with E-state index in [0.29, 0.717) is 24.6 Å². The Morgan fingerprint density at radius 3 is 2.79 bits per heavy atom. The number of halogens is 1. The van der Waals surface area contributed by atoms with Gasteiger partial charge in [-0.1, -0.05) is 16.8 Å². The summed E-state index contributed by atoms with van der Waals surface area (Å²) >= 11 is 0. The molecule has 1 unspecified atom stereocenters. The van der Waals surface area contributed by atoms with Gasteiger partial charge < -0.3 is 4.74 Å². The molecule has 0 spiro atoms. The summed E-state index contributed by atoms with van der Waals surface area (Å²) in [4.78, 5) is 0. The quantitative estimate of drug-likeness (QED) is 0.474. The van der Waals surface area contributed by atoms with Crippen molar-refractivity contribution in [2.45, 2.75) is 32.1 Å². The molecule has 1 aliphatic rings. The first-order chi connectivity index (χ1) is 11.4. The van der Waals surface area contributed by atoms with E-state index in [0.717, 1.165) is 11.3 Å². The molecule has 2 heterocycles. The Kier molecular flexibility index (Phi) is 4.49. The van der Waals surface area contributed by atoms with Gasteiger partial charge in [-0.15, -0.1) is 0 Å². The van der Waals surface area contributed by atoms with E-state index in [1.54, 1.807) is 24.4 Å². The number of fused-ring (bicyclic) bond motifs is 1. The Morgan fingerprint density at radius 1 is 1.33 bits per heavy atom. The summed E-state index contributed by atoms with van der Waals surface area (Å²) < 4.78 is 37.2. The maximum atomic E-state index is 14.0. The molecule has 24 heavy (non-hydrogen) atoms. The van der Waals surface area contributed by atoms with E-state index in [9.17, 15) is 8.60 Å². The molecule has 126 valence electrons. The van der Waals surface area contributed by atoms with Crippen molar-refractivity contribution in [3.05, 3.63) is 47.5 Å². The van der Waals surface area contributed by atoms with Crippen molar-refractivity contribution in [1.29, 1.82) is 0 Å². The van der Waals surface area contributed by atoms with Gasteiger partial charge in [-0.25, -0.2) is 13.3 Å². The van der Waals surface area contributed by atoms with E-state index in [1.165, 1.54) is 16.3 Å². The van der Waals surface area contributed by atoms with Crippen LogP contribution in [0.3, 0.4) is 0 Å². The van der Waals surface area contributed by atoms with Crippen LogP contribution in [0.4, 0.5) is 4.39 Å². The van der Waals surface area contributed by atoms with Gasteiger partial charge in [-0.2, -0.15) is 5.10 Å².